The van der Waals surface area contributed by atoms with E-state index in [2.05, 4.69) is 15.2 Å². The number of halogens is 5. The molecule has 188 valence electrons. The maximum absolute atomic E-state index is 13.0. The van der Waals surface area contributed by atoms with Gasteiger partial charge in [-0.05, 0) is 36.4 Å². The molecule has 1 amide bonds. The third-order valence-electron chi connectivity index (χ3n) is 5.00. The fourth-order valence-electron chi connectivity index (χ4n) is 3.30. The Balaban J connectivity index is 1.78. The minimum absolute atomic E-state index is 0.0884. The van der Waals surface area contributed by atoms with Crippen molar-refractivity contribution in [3.05, 3.63) is 80.7 Å². The van der Waals surface area contributed by atoms with E-state index in [1.165, 1.54) is 24.3 Å². The van der Waals surface area contributed by atoms with Crippen LogP contribution in [0.1, 0.15) is 16.4 Å². The molecule has 0 aliphatic heterocycles. The molecule has 2 heterocycles. The Labute approximate surface area is 210 Å². The summed E-state index contributed by atoms with van der Waals surface area (Å²) in [6, 6.07) is 12.3. The Morgan fingerprint density at radius 2 is 1.75 bits per heavy atom. The summed E-state index contributed by atoms with van der Waals surface area (Å²) in [5.41, 5.74) is 5.00. The number of nitrogens with two attached hydrogens (primary N) is 1. The molecule has 1 atom stereocenters. The Kier molecular flexibility index (Phi) is 6.89. The topological polar surface area (TPSA) is 134 Å². The highest BCUT2D eigenvalue weighted by Crippen LogP contribution is 2.24. The first kappa shape index (κ1) is 25.4. The summed E-state index contributed by atoms with van der Waals surface area (Å²) in [6.07, 6.45) is -7.79. The second-order valence-electron chi connectivity index (χ2n) is 7.52. The van der Waals surface area contributed by atoms with Crippen molar-refractivity contribution in [2.45, 2.75) is 25.4 Å². The number of hydrogen-bond donors (Lipinski definition) is 2. The zero-order valence-corrected chi connectivity index (χ0v) is 19.5. The molecule has 36 heavy (non-hydrogen) atoms. The van der Waals surface area contributed by atoms with E-state index in [9.17, 15) is 27.9 Å². The molecule has 0 spiro atoms. The summed E-state index contributed by atoms with van der Waals surface area (Å²) in [5, 5.41) is 18.5. The van der Waals surface area contributed by atoms with Crippen molar-refractivity contribution in [2.24, 2.45) is 5.73 Å². The van der Waals surface area contributed by atoms with Gasteiger partial charge in [0.1, 0.15) is 6.54 Å². The van der Waals surface area contributed by atoms with E-state index >= 15 is 0 Å². The number of carbonyl (C=O) groups is 1. The van der Waals surface area contributed by atoms with Crippen molar-refractivity contribution in [1.82, 2.24) is 29.1 Å². The Morgan fingerprint density at radius 3 is 2.36 bits per heavy atom. The van der Waals surface area contributed by atoms with E-state index in [0.29, 0.717) is 15.3 Å². The quantitative estimate of drug-likeness (QED) is 0.369. The molecule has 4 rings (SSSR count). The first-order valence-corrected chi connectivity index (χ1v) is 10.9. The van der Waals surface area contributed by atoms with Crippen LogP contribution in [0.15, 0.2) is 53.3 Å². The number of amides is 1. The van der Waals surface area contributed by atoms with Crippen molar-refractivity contribution in [3.63, 3.8) is 0 Å². The number of alkyl halides is 3. The van der Waals surface area contributed by atoms with Crippen LogP contribution in [-0.2, 0) is 13.1 Å². The molecule has 2 aromatic heterocycles. The van der Waals surface area contributed by atoms with Crippen LogP contribution in [0.4, 0.5) is 13.2 Å². The van der Waals surface area contributed by atoms with Gasteiger partial charge in [0, 0.05) is 10.6 Å². The van der Waals surface area contributed by atoms with Crippen LogP contribution < -0.4 is 11.4 Å². The predicted octanol–water partition coefficient (Wildman–Crippen LogP) is 2.67. The third kappa shape index (κ3) is 5.12. The number of carbonyl (C=O) groups excluding carboxylic acids is 1. The molecule has 0 unspecified atom stereocenters. The van der Waals surface area contributed by atoms with Gasteiger partial charge in [0.05, 0.1) is 17.3 Å². The van der Waals surface area contributed by atoms with Gasteiger partial charge in [-0.3, -0.25) is 9.36 Å². The van der Waals surface area contributed by atoms with Crippen molar-refractivity contribution in [2.75, 3.05) is 0 Å². The van der Waals surface area contributed by atoms with Crippen LogP contribution in [0, 0.1) is 0 Å². The standard InChI is InChI=1S/C21H16Cl2F3N7O3/c22-12-7-5-11(6-8-12)18-30-32(20(36)31(18)9-15(34)21(24,25)26)10-16-28-19(17(27)35)33(29-16)14-4-2-1-3-13(14)23/h1-8,15,34H,9-10H2,(H2,27,35)/t15-/m0/s1. The van der Waals surface area contributed by atoms with Gasteiger partial charge in [0.25, 0.3) is 5.91 Å². The Bertz CT molecular complexity index is 1480. The second kappa shape index (κ2) is 9.76. The van der Waals surface area contributed by atoms with Gasteiger partial charge in [0.2, 0.25) is 5.82 Å². The lowest BCUT2D eigenvalue weighted by Gasteiger charge is -2.15. The molecular formula is C21H16Cl2F3N7O3. The molecule has 0 radical (unpaired) electrons. The van der Waals surface area contributed by atoms with Crippen LogP contribution in [0.5, 0.6) is 0 Å². The van der Waals surface area contributed by atoms with Crippen LogP contribution in [0.2, 0.25) is 10.0 Å². The molecule has 0 saturated carbocycles. The van der Waals surface area contributed by atoms with E-state index in [-0.39, 0.29) is 28.1 Å². The van der Waals surface area contributed by atoms with E-state index in [4.69, 9.17) is 28.9 Å². The highest BCUT2D eigenvalue weighted by atomic mass is 35.5. The summed E-state index contributed by atoms with van der Waals surface area (Å²) in [5.74, 6) is -1.45. The molecule has 15 heteroatoms. The van der Waals surface area contributed by atoms with Crippen molar-refractivity contribution < 1.29 is 23.1 Å². The maximum atomic E-state index is 13.0. The number of aliphatic hydroxyl groups excluding tert-OH is 1. The van der Waals surface area contributed by atoms with Crippen LogP contribution in [0.25, 0.3) is 17.1 Å². The molecule has 0 bridgehead atoms. The summed E-state index contributed by atoms with van der Waals surface area (Å²) < 4.78 is 41.7. The zero-order valence-electron chi connectivity index (χ0n) is 18.0. The minimum atomic E-state index is -4.97. The molecule has 3 N–H and O–H groups in total. The molecule has 0 aliphatic rings. The lowest BCUT2D eigenvalue weighted by atomic mass is 10.2. The van der Waals surface area contributed by atoms with Crippen molar-refractivity contribution in [3.8, 4) is 17.1 Å². The summed E-state index contributed by atoms with van der Waals surface area (Å²) in [4.78, 5) is 29.0. The highest BCUT2D eigenvalue weighted by Gasteiger charge is 2.39. The van der Waals surface area contributed by atoms with Gasteiger partial charge in [-0.2, -0.15) is 13.2 Å². The molecule has 4 aromatic rings. The molecule has 0 saturated heterocycles. The monoisotopic (exact) mass is 541 g/mol. The molecule has 0 fully saturated rings. The minimum Gasteiger partial charge on any atom is -0.382 e. The van der Waals surface area contributed by atoms with Gasteiger partial charge >= 0.3 is 11.9 Å². The van der Waals surface area contributed by atoms with Crippen molar-refractivity contribution in [1.29, 1.82) is 0 Å². The van der Waals surface area contributed by atoms with Crippen LogP contribution in [-0.4, -0.2) is 52.4 Å². The predicted molar refractivity (Wildman–Crippen MR) is 123 cm³/mol. The Hall–Kier alpha value is -3.68. The van der Waals surface area contributed by atoms with Gasteiger partial charge in [-0.25, -0.2) is 19.1 Å². The van der Waals surface area contributed by atoms with E-state index in [1.54, 1.807) is 24.3 Å². The number of aromatic nitrogens is 6. The molecule has 2 aromatic carbocycles. The maximum Gasteiger partial charge on any atom is 0.416 e. The third-order valence-corrected chi connectivity index (χ3v) is 5.57. The number of hydrogen-bond acceptors (Lipinski definition) is 6. The number of para-hydroxylation sites is 1. The van der Waals surface area contributed by atoms with E-state index in [1.807, 2.05) is 0 Å². The number of nitrogens with zero attached hydrogens (tertiary/aromatic N) is 6. The fraction of sp³-hybridized carbons (Fsp3) is 0.190. The lowest BCUT2D eigenvalue weighted by molar-refractivity contribution is -0.207. The van der Waals surface area contributed by atoms with E-state index < -0.39 is 37.0 Å². The molecule has 10 nitrogen and oxygen atoms in total. The van der Waals surface area contributed by atoms with Gasteiger partial charge in [-0.15, -0.1) is 10.2 Å². The largest absolute Gasteiger partial charge is 0.416 e. The first-order valence-electron chi connectivity index (χ1n) is 10.1. The SMILES string of the molecule is NC(=O)c1nc(Cn2nc(-c3ccc(Cl)cc3)n(C[C@H](O)C(F)(F)F)c2=O)nn1-c1ccccc1Cl. The normalized spacial score (nSPS) is 12.6. The van der Waals surface area contributed by atoms with E-state index in [0.717, 1.165) is 9.36 Å². The number of aliphatic hydroxyl groups is 1. The van der Waals surface area contributed by atoms with Crippen LogP contribution >= 0.6 is 23.2 Å². The number of rotatable bonds is 7. The molecular weight excluding hydrogens is 526 g/mol. The lowest BCUT2D eigenvalue weighted by Crippen LogP contribution is -2.37. The first-order chi connectivity index (χ1) is 17.0. The van der Waals surface area contributed by atoms with Crippen LogP contribution in [0.3, 0.4) is 0 Å². The number of primary amides is 1. The fourth-order valence-corrected chi connectivity index (χ4v) is 3.65. The summed E-state index contributed by atoms with van der Waals surface area (Å²) in [6.45, 7) is -1.53. The summed E-state index contributed by atoms with van der Waals surface area (Å²) >= 11 is 12.1. The Morgan fingerprint density at radius 1 is 1.08 bits per heavy atom. The van der Waals surface area contributed by atoms with Gasteiger partial charge < -0.3 is 10.8 Å². The number of benzene rings is 2. The van der Waals surface area contributed by atoms with Crippen molar-refractivity contribution >= 4 is 29.1 Å². The second-order valence-corrected chi connectivity index (χ2v) is 8.36. The smallest absolute Gasteiger partial charge is 0.382 e. The van der Waals surface area contributed by atoms with Gasteiger partial charge in [-0.1, -0.05) is 35.3 Å². The average Bonchev–Trinajstić information content (AvgIpc) is 3.36. The average molecular weight is 542 g/mol. The highest BCUT2D eigenvalue weighted by molar-refractivity contribution is 6.32. The molecule has 0 aliphatic carbocycles. The summed E-state index contributed by atoms with van der Waals surface area (Å²) in [7, 11) is 0. The zero-order chi connectivity index (χ0) is 26.2. The van der Waals surface area contributed by atoms with Gasteiger partial charge in [0.15, 0.2) is 17.8 Å².